The summed E-state index contributed by atoms with van der Waals surface area (Å²) in [5, 5.41) is 2.87. The monoisotopic (exact) mass is 427 g/mol. The van der Waals surface area contributed by atoms with E-state index in [4.69, 9.17) is 5.73 Å². The molecule has 1 atom stereocenters. The molecule has 0 saturated carbocycles. The van der Waals surface area contributed by atoms with Gasteiger partial charge in [-0.15, -0.1) is 0 Å². The first-order valence-corrected chi connectivity index (χ1v) is 11.3. The molecule has 2 heterocycles. The number of amides is 2. The van der Waals surface area contributed by atoms with Crippen LogP contribution in [0.5, 0.6) is 0 Å². The maximum absolute atomic E-state index is 13.3. The van der Waals surface area contributed by atoms with Crippen LogP contribution in [0.4, 0.5) is 10.5 Å². The summed E-state index contributed by atoms with van der Waals surface area (Å²) in [6.45, 7) is 4.48. The zero-order chi connectivity index (χ0) is 21.5. The van der Waals surface area contributed by atoms with Crippen molar-refractivity contribution in [2.24, 2.45) is 10.7 Å². The number of carbonyl (C=O) groups is 1. The van der Waals surface area contributed by atoms with E-state index in [1.165, 1.54) is 6.07 Å². The molecule has 0 aliphatic carbocycles. The highest BCUT2D eigenvalue weighted by atomic mass is 32.2. The third-order valence-electron chi connectivity index (χ3n) is 5.26. The lowest BCUT2D eigenvalue weighted by atomic mass is 10.1. The third kappa shape index (κ3) is 3.60. The highest BCUT2D eigenvalue weighted by Crippen LogP contribution is 2.33. The number of hydrogen-bond acceptors (Lipinski definition) is 5. The molecule has 0 radical (unpaired) electrons. The number of benzene rings is 2. The molecule has 9 heteroatoms. The third-order valence-corrected chi connectivity index (χ3v) is 7.02. The van der Waals surface area contributed by atoms with E-state index in [1.807, 2.05) is 44.2 Å². The maximum atomic E-state index is 13.3. The average molecular weight is 428 g/mol. The largest absolute Gasteiger partial charge is 0.369 e. The summed E-state index contributed by atoms with van der Waals surface area (Å²) < 4.78 is 27.7. The molecular formula is C21H25N5O3S. The Bertz CT molecular complexity index is 1100. The van der Waals surface area contributed by atoms with Gasteiger partial charge in [-0.25, -0.2) is 22.5 Å². The zero-order valence-corrected chi connectivity index (χ0v) is 17.8. The number of nitrogens with zero attached hydrogens (tertiary/aromatic N) is 3. The maximum Gasteiger partial charge on any atom is 0.322 e. The summed E-state index contributed by atoms with van der Waals surface area (Å²) in [6, 6.07) is 13.9. The van der Waals surface area contributed by atoms with Crippen LogP contribution in [0.2, 0.25) is 0 Å². The molecular weight excluding hydrogens is 402 g/mol. The summed E-state index contributed by atoms with van der Waals surface area (Å²) >= 11 is 0. The van der Waals surface area contributed by atoms with Crippen molar-refractivity contribution < 1.29 is 13.2 Å². The smallest absolute Gasteiger partial charge is 0.322 e. The highest BCUT2D eigenvalue weighted by Gasteiger charge is 2.35. The molecule has 2 aromatic rings. The first-order chi connectivity index (χ1) is 14.3. The highest BCUT2D eigenvalue weighted by molar-refractivity contribution is 7.89. The van der Waals surface area contributed by atoms with Gasteiger partial charge in [-0.2, -0.15) is 0 Å². The Balaban J connectivity index is 1.58. The molecule has 2 aromatic carbocycles. The Labute approximate surface area is 176 Å². The predicted octanol–water partition coefficient (Wildman–Crippen LogP) is 2.23. The van der Waals surface area contributed by atoms with Gasteiger partial charge < -0.3 is 11.1 Å². The van der Waals surface area contributed by atoms with E-state index in [1.54, 1.807) is 17.0 Å². The minimum absolute atomic E-state index is 0.0118. The van der Waals surface area contributed by atoms with Crippen LogP contribution in [0.3, 0.4) is 0 Å². The molecule has 0 bridgehead atoms. The normalized spacial score (nSPS) is 18.5. The van der Waals surface area contributed by atoms with Crippen molar-refractivity contribution in [3.05, 3.63) is 59.7 Å². The Morgan fingerprint density at radius 2 is 1.93 bits per heavy atom. The molecule has 8 nitrogen and oxygen atoms in total. The second-order valence-electron chi connectivity index (χ2n) is 7.75. The van der Waals surface area contributed by atoms with Crippen LogP contribution in [-0.4, -0.2) is 43.8 Å². The lowest BCUT2D eigenvalue weighted by molar-refractivity contribution is 0.244. The molecule has 2 aliphatic rings. The van der Waals surface area contributed by atoms with Crippen LogP contribution in [0.15, 0.2) is 58.4 Å². The lowest BCUT2D eigenvalue weighted by Gasteiger charge is -2.21. The van der Waals surface area contributed by atoms with Crippen molar-refractivity contribution in [2.75, 3.05) is 18.0 Å². The summed E-state index contributed by atoms with van der Waals surface area (Å²) in [6.07, 6.45) is 0.598. The van der Waals surface area contributed by atoms with E-state index < -0.39 is 10.0 Å². The van der Waals surface area contributed by atoms with Crippen molar-refractivity contribution >= 4 is 27.7 Å². The molecule has 30 heavy (non-hydrogen) atoms. The summed E-state index contributed by atoms with van der Waals surface area (Å²) in [5.41, 5.74) is 8.46. The van der Waals surface area contributed by atoms with Gasteiger partial charge in [0, 0.05) is 18.3 Å². The molecule has 0 spiro atoms. The minimum Gasteiger partial charge on any atom is -0.369 e. The summed E-state index contributed by atoms with van der Waals surface area (Å²) in [4.78, 5) is 18.5. The number of anilines is 1. The Hall–Kier alpha value is -3.07. The van der Waals surface area contributed by atoms with E-state index >= 15 is 0 Å². The molecule has 3 N–H and O–H groups in total. The SMILES string of the molecule is CC(C)NC(=O)N1CCc2cc(S(=O)(=O)N3CC(c4ccccc4)N=C3N)ccc21. The van der Waals surface area contributed by atoms with Gasteiger partial charge in [0.25, 0.3) is 10.0 Å². The number of nitrogens with one attached hydrogen (secondary N) is 1. The van der Waals surface area contributed by atoms with E-state index in [-0.39, 0.29) is 35.5 Å². The second kappa shape index (κ2) is 7.64. The van der Waals surface area contributed by atoms with Gasteiger partial charge in [0.15, 0.2) is 0 Å². The van der Waals surface area contributed by atoms with Gasteiger partial charge in [0.2, 0.25) is 5.96 Å². The Morgan fingerprint density at radius 1 is 1.20 bits per heavy atom. The Kier molecular flexibility index (Phi) is 5.15. The van der Waals surface area contributed by atoms with Gasteiger partial charge in [-0.05, 0) is 49.6 Å². The first-order valence-electron chi connectivity index (χ1n) is 9.89. The molecule has 0 aromatic heterocycles. The number of carbonyl (C=O) groups excluding carboxylic acids is 1. The summed E-state index contributed by atoms with van der Waals surface area (Å²) in [5.74, 6) is -0.0118. The summed E-state index contributed by atoms with van der Waals surface area (Å²) in [7, 11) is -3.85. The topological polar surface area (TPSA) is 108 Å². The average Bonchev–Trinajstić information content (AvgIpc) is 3.31. The van der Waals surface area contributed by atoms with Crippen LogP contribution < -0.4 is 16.0 Å². The molecule has 158 valence electrons. The van der Waals surface area contributed by atoms with Gasteiger partial charge in [-0.1, -0.05) is 30.3 Å². The number of fused-ring (bicyclic) bond motifs is 1. The number of urea groups is 1. The lowest BCUT2D eigenvalue weighted by Crippen LogP contribution is -2.42. The van der Waals surface area contributed by atoms with Crippen LogP contribution in [0.1, 0.15) is 31.0 Å². The number of sulfonamides is 1. The Morgan fingerprint density at radius 3 is 2.63 bits per heavy atom. The van der Waals surface area contributed by atoms with Gasteiger partial charge in [0.05, 0.1) is 17.5 Å². The number of rotatable bonds is 4. The van der Waals surface area contributed by atoms with Crippen molar-refractivity contribution in [3.8, 4) is 0 Å². The fourth-order valence-electron chi connectivity index (χ4n) is 3.79. The van der Waals surface area contributed by atoms with Gasteiger partial charge >= 0.3 is 6.03 Å². The first kappa shape index (κ1) is 20.2. The quantitative estimate of drug-likeness (QED) is 0.780. The van der Waals surface area contributed by atoms with Gasteiger partial charge in [-0.3, -0.25) is 4.90 Å². The number of nitrogens with two attached hydrogens (primary N) is 1. The number of guanidine groups is 1. The van der Waals surface area contributed by atoms with Crippen LogP contribution >= 0.6 is 0 Å². The van der Waals surface area contributed by atoms with E-state index in [0.717, 1.165) is 21.1 Å². The molecule has 1 unspecified atom stereocenters. The van der Waals surface area contributed by atoms with Crippen LogP contribution in [0.25, 0.3) is 0 Å². The van der Waals surface area contributed by atoms with E-state index in [0.29, 0.717) is 13.0 Å². The molecule has 2 aliphatic heterocycles. The molecule has 0 fully saturated rings. The van der Waals surface area contributed by atoms with Crippen LogP contribution in [0, 0.1) is 0 Å². The minimum atomic E-state index is -3.85. The molecule has 0 saturated heterocycles. The predicted molar refractivity (Wildman–Crippen MR) is 116 cm³/mol. The number of aliphatic imine (C=N–C) groups is 1. The van der Waals surface area contributed by atoms with Crippen molar-refractivity contribution in [1.29, 1.82) is 0 Å². The molecule has 4 rings (SSSR count). The fourth-order valence-corrected chi connectivity index (χ4v) is 5.21. The molecule has 2 amide bonds. The van der Waals surface area contributed by atoms with E-state index in [9.17, 15) is 13.2 Å². The van der Waals surface area contributed by atoms with E-state index in [2.05, 4.69) is 10.3 Å². The zero-order valence-electron chi connectivity index (χ0n) is 16.9. The standard InChI is InChI=1S/C21H25N5O3S/c1-14(2)23-21(27)25-11-10-16-12-17(8-9-19(16)25)30(28,29)26-13-18(24-20(26)22)15-6-4-3-5-7-15/h3-9,12,14,18H,10-11,13H2,1-2H3,(H2,22,24)(H,23,27). The van der Waals surface area contributed by atoms with Crippen molar-refractivity contribution in [2.45, 2.75) is 37.2 Å². The van der Waals surface area contributed by atoms with Crippen molar-refractivity contribution in [3.63, 3.8) is 0 Å². The van der Waals surface area contributed by atoms with Crippen molar-refractivity contribution in [1.82, 2.24) is 9.62 Å². The van der Waals surface area contributed by atoms with Crippen LogP contribution in [-0.2, 0) is 16.4 Å². The second-order valence-corrected chi connectivity index (χ2v) is 9.61. The fraction of sp³-hybridized carbons (Fsp3) is 0.333. The van der Waals surface area contributed by atoms with Gasteiger partial charge in [0.1, 0.15) is 0 Å². The number of hydrogen-bond donors (Lipinski definition) is 2.